The molecule has 2 aromatic rings. The van der Waals surface area contributed by atoms with Crippen molar-refractivity contribution >= 4 is 18.0 Å². The van der Waals surface area contributed by atoms with Crippen LogP contribution in [0.1, 0.15) is 51.7 Å². The van der Waals surface area contributed by atoms with E-state index in [1.165, 1.54) is 13.8 Å². The summed E-state index contributed by atoms with van der Waals surface area (Å²) in [5.74, 6) is -2.00. The zero-order valence-corrected chi connectivity index (χ0v) is 20.2. The van der Waals surface area contributed by atoms with Gasteiger partial charge in [0.05, 0.1) is 12.2 Å². The molecule has 0 unspecified atom stereocenters. The lowest BCUT2D eigenvalue weighted by molar-refractivity contribution is -0.146. The highest BCUT2D eigenvalue weighted by molar-refractivity contribution is 5.91. The highest BCUT2D eigenvalue weighted by Crippen LogP contribution is 2.44. The van der Waals surface area contributed by atoms with Crippen LogP contribution in [0.4, 0.5) is 4.79 Å². The van der Waals surface area contributed by atoms with Crippen LogP contribution in [0.5, 0.6) is 0 Å². The molecule has 8 heteroatoms. The number of rotatable bonds is 8. The van der Waals surface area contributed by atoms with Crippen molar-refractivity contribution in [1.29, 1.82) is 0 Å². The summed E-state index contributed by atoms with van der Waals surface area (Å²) >= 11 is 0. The van der Waals surface area contributed by atoms with Crippen molar-refractivity contribution in [2.75, 3.05) is 13.2 Å². The van der Waals surface area contributed by atoms with Crippen LogP contribution in [0.15, 0.2) is 48.5 Å². The first-order chi connectivity index (χ1) is 15.9. The average molecular weight is 469 g/mol. The molecule has 0 aliphatic heterocycles. The van der Waals surface area contributed by atoms with Gasteiger partial charge in [-0.3, -0.25) is 4.79 Å². The smallest absolute Gasteiger partial charge is 0.407 e. The Morgan fingerprint density at radius 2 is 1.47 bits per heavy atom. The van der Waals surface area contributed by atoms with Crippen molar-refractivity contribution in [2.24, 2.45) is 0 Å². The standard InChI is InChI=1S/C26H32N2O6/c1-25(2,3)34-15-21(22(29)28-26(4,5)23(30)31)27-24(32)33-14-20-18-12-8-6-10-16(18)17-11-7-9-13-19(17)20/h6-13,20-21H,14-15H2,1-5H3,(H,27,32)(H,28,29)(H,30,31)/t21-/m0/s1. The van der Waals surface area contributed by atoms with Crippen molar-refractivity contribution in [3.63, 3.8) is 0 Å². The van der Waals surface area contributed by atoms with E-state index in [2.05, 4.69) is 10.6 Å². The zero-order chi connectivity index (χ0) is 25.1. The Kier molecular flexibility index (Phi) is 7.31. The molecule has 34 heavy (non-hydrogen) atoms. The molecule has 0 bridgehead atoms. The molecule has 3 rings (SSSR count). The van der Waals surface area contributed by atoms with Crippen LogP contribution in [-0.4, -0.2) is 53.5 Å². The first kappa shape index (κ1) is 25.2. The number of carboxylic acids is 1. The van der Waals surface area contributed by atoms with Crippen LogP contribution in [0.25, 0.3) is 11.1 Å². The van der Waals surface area contributed by atoms with Crippen molar-refractivity contribution < 1.29 is 29.0 Å². The van der Waals surface area contributed by atoms with E-state index in [0.29, 0.717) is 0 Å². The summed E-state index contributed by atoms with van der Waals surface area (Å²) < 4.78 is 11.2. The molecule has 0 aromatic heterocycles. The maximum Gasteiger partial charge on any atom is 0.407 e. The summed E-state index contributed by atoms with van der Waals surface area (Å²) in [7, 11) is 0. The predicted octanol–water partition coefficient (Wildman–Crippen LogP) is 3.69. The van der Waals surface area contributed by atoms with Gasteiger partial charge in [-0.25, -0.2) is 9.59 Å². The largest absolute Gasteiger partial charge is 0.480 e. The number of carbonyl (C=O) groups is 3. The minimum absolute atomic E-state index is 0.0922. The average Bonchev–Trinajstić information content (AvgIpc) is 3.08. The number of amides is 2. The molecule has 0 radical (unpaired) electrons. The molecule has 1 atom stereocenters. The van der Waals surface area contributed by atoms with Crippen molar-refractivity contribution in [3.05, 3.63) is 59.7 Å². The number of hydrogen-bond donors (Lipinski definition) is 3. The van der Waals surface area contributed by atoms with Gasteiger partial charge in [0.2, 0.25) is 5.91 Å². The number of benzene rings is 2. The Morgan fingerprint density at radius 3 is 1.97 bits per heavy atom. The van der Waals surface area contributed by atoms with Gasteiger partial charge in [-0.2, -0.15) is 0 Å². The lowest BCUT2D eigenvalue weighted by Gasteiger charge is -2.28. The van der Waals surface area contributed by atoms with Gasteiger partial charge >= 0.3 is 12.1 Å². The van der Waals surface area contributed by atoms with Crippen molar-refractivity contribution in [3.8, 4) is 11.1 Å². The van der Waals surface area contributed by atoms with E-state index >= 15 is 0 Å². The van der Waals surface area contributed by atoms with E-state index in [-0.39, 0.29) is 19.1 Å². The summed E-state index contributed by atoms with van der Waals surface area (Å²) in [4.78, 5) is 36.9. The molecule has 0 heterocycles. The van der Waals surface area contributed by atoms with E-state index < -0.39 is 35.2 Å². The Labute approximate surface area is 199 Å². The maximum atomic E-state index is 12.8. The molecule has 1 aliphatic rings. The fraction of sp³-hybridized carbons (Fsp3) is 0.423. The van der Waals surface area contributed by atoms with Crippen molar-refractivity contribution in [1.82, 2.24) is 10.6 Å². The lowest BCUT2D eigenvalue weighted by Crippen LogP contribution is -2.58. The molecule has 0 fully saturated rings. The quantitative estimate of drug-likeness (QED) is 0.545. The molecule has 8 nitrogen and oxygen atoms in total. The fourth-order valence-corrected chi connectivity index (χ4v) is 3.75. The second-order valence-corrected chi connectivity index (χ2v) is 9.87. The second-order valence-electron chi connectivity index (χ2n) is 9.87. The van der Waals surface area contributed by atoms with Gasteiger partial charge in [0.15, 0.2) is 0 Å². The van der Waals surface area contributed by atoms with Crippen LogP contribution in [0, 0.1) is 0 Å². The molecule has 2 aromatic carbocycles. The number of carboxylic acid groups (broad SMARTS) is 1. The van der Waals surface area contributed by atoms with Gasteiger partial charge in [-0.05, 0) is 56.9 Å². The SMILES string of the molecule is CC(C)(C)OC[C@H](NC(=O)OCC1c2ccccc2-c2ccccc21)C(=O)NC(C)(C)C(=O)O. The van der Waals surface area contributed by atoms with Crippen LogP contribution >= 0.6 is 0 Å². The minimum atomic E-state index is -1.51. The zero-order valence-electron chi connectivity index (χ0n) is 20.2. The number of carbonyl (C=O) groups excluding carboxylic acids is 2. The van der Waals surface area contributed by atoms with E-state index in [4.69, 9.17) is 9.47 Å². The molecule has 0 spiro atoms. The highest BCUT2D eigenvalue weighted by atomic mass is 16.5. The fourth-order valence-electron chi connectivity index (χ4n) is 3.75. The Hall–Kier alpha value is -3.39. The first-order valence-electron chi connectivity index (χ1n) is 11.2. The molecular formula is C26H32N2O6. The van der Waals surface area contributed by atoms with Crippen molar-refractivity contribution in [2.45, 2.75) is 57.7 Å². The Morgan fingerprint density at radius 1 is 0.941 bits per heavy atom. The second kappa shape index (κ2) is 9.85. The molecule has 0 saturated carbocycles. The third-order valence-corrected chi connectivity index (χ3v) is 5.61. The van der Waals surface area contributed by atoms with Crippen LogP contribution in [-0.2, 0) is 19.1 Å². The Bertz CT molecular complexity index is 1030. The first-order valence-corrected chi connectivity index (χ1v) is 11.2. The molecule has 1 aliphatic carbocycles. The summed E-state index contributed by atoms with van der Waals surface area (Å²) in [5, 5.41) is 14.3. The van der Waals surface area contributed by atoms with Crippen LogP contribution in [0.3, 0.4) is 0 Å². The van der Waals surface area contributed by atoms with E-state index in [0.717, 1.165) is 22.3 Å². The molecule has 2 amide bonds. The van der Waals surface area contributed by atoms with Gasteiger partial charge in [-0.15, -0.1) is 0 Å². The third-order valence-electron chi connectivity index (χ3n) is 5.61. The number of hydrogen-bond acceptors (Lipinski definition) is 5. The third kappa shape index (κ3) is 5.94. The molecule has 0 saturated heterocycles. The molecular weight excluding hydrogens is 436 g/mol. The topological polar surface area (TPSA) is 114 Å². The number of ether oxygens (including phenoxy) is 2. The minimum Gasteiger partial charge on any atom is -0.480 e. The predicted molar refractivity (Wildman–Crippen MR) is 128 cm³/mol. The number of aliphatic carboxylic acids is 1. The van der Waals surface area contributed by atoms with E-state index in [9.17, 15) is 19.5 Å². The van der Waals surface area contributed by atoms with Gasteiger partial charge in [-0.1, -0.05) is 48.5 Å². The van der Waals surface area contributed by atoms with Gasteiger partial charge < -0.3 is 25.2 Å². The summed E-state index contributed by atoms with van der Waals surface area (Å²) in [6, 6.07) is 14.8. The molecule has 182 valence electrons. The monoisotopic (exact) mass is 468 g/mol. The normalized spacial score (nSPS) is 14.0. The van der Waals surface area contributed by atoms with Gasteiger partial charge in [0, 0.05) is 5.92 Å². The van der Waals surface area contributed by atoms with E-state index in [1.54, 1.807) is 0 Å². The van der Waals surface area contributed by atoms with Crippen LogP contribution < -0.4 is 10.6 Å². The summed E-state index contributed by atoms with van der Waals surface area (Å²) in [5.41, 5.74) is 2.29. The summed E-state index contributed by atoms with van der Waals surface area (Å²) in [6.07, 6.45) is -0.785. The lowest BCUT2D eigenvalue weighted by atomic mass is 9.98. The van der Waals surface area contributed by atoms with E-state index in [1.807, 2.05) is 69.3 Å². The van der Waals surface area contributed by atoms with Gasteiger partial charge in [0.25, 0.3) is 0 Å². The highest BCUT2D eigenvalue weighted by Gasteiger charge is 2.34. The van der Waals surface area contributed by atoms with Crippen LogP contribution in [0.2, 0.25) is 0 Å². The molecule has 3 N–H and O–H groups in total. The number of nitrogens with one attached hydrogen (secondary N) is 2. The summed E-state index contributed by atoms with van der Waals surface area (Å²) in [6.45, 7) is 8.12. The van der Waals surface area contributed by atoms with Gasteiger partial charge in [0.1, 0.15) is 18.2 Å². The maximum absolute atomic E-state index is 12.8. The number of fused-ring (bicyclic) bond motifs is 3. The Balaban J connectivity index is 1.69. The number of alkyl carbamates (subject to hydrolysis) is 1.